The Bertz CT molecular complexity index is 326. The molecule has 0 amide bonds. The molecule has 0 aliphatic rings. The molecule has 0 radical (unpaired) electrons. The summed E-state index contributed by atoms with van der Waals surface area (Å²) < 4.78 is 26.9. The van der Waals surface area contributed by atoms with Gasteiger partial charge in [0.25, 0.3) is 5.92 Å². The van der Waals surface area contributed by atoms with Crippen molar-refractivity contribution in [3.8, 4) is 0 Å². The number of aryl methyl sites for hydroxylation is 1. The van der Waals surface area contributed by atoms with E-state index in [-0.39, 0.29) is 23.6 Å². The molecule has 1 nitrogen and oxygen atoms in total. The van der Waals surface area contributed by atoms with Crippen LogP contribution in [0.2, 0.25) is 5.02 Å². The first kappa shape index (κ1) is 11.4. The lowest BCUT2D eigenvalue weighted by Crippen LogP contribution is -2.19. The number of hydrogen-bond acceptors (Lipinski definition) is 1. The van der Waals surface area contributed by atoms with Crippen LogP contribution in [0.15, 0.2) is 18.2 Å². The van der Waals surface area contributed by atoms with Gasteiger partial charge in [0.05, 0.1) is 0 Å². The molecule has 0 bridgehead atoms. The zero-order chi connectivity index (χ0) is 10.8. The van der Waals surface area contributed by atoms with Gasteiger partial charge in [-0.25, -0.2) is 8.78 Å². The van der Waals surface area contributed by atoms with Gasteiger partial charge in [0, 0.05) is 17.0 Å². The SMILES string of the molecule is Cc1ccc(Cl)c(C(F)(F)CCN)c1. The molecule has 0 aliphatic carbocycles. The predicted molar refractivity (Wildman–Crippen MR) is 53.8 cm³/mol. The lowest BCUT2D eigenvalue weighted by Gasteiger charge is -2.17. The van der Waals surface area contributed by atoms with Crippen molar-refractivity contribution in [1.82, 2.24) is 0 Å². The molecular weight excluding hydrogens is 208 g/mol. The van der Waals surface area contributed by atoms with E-state index in [0.717, 1.165) is 5.56 Å². The average molecular weight is 220 g/mol. The van der Waals surface area contributed by atoms with E-state index in [0.29, 0.717) is 0 Å². The molecule has 0 aromatic heterocycles. The highest BCUT2D eigenvalue weighted by Crippen LogP contribution is 2.36. The van der Waals surface area contributed by atoms with E-state index in [2.05, 4.69) is 0 Å². The van der Waals surface area contributed by atoms with E-state index in [4.69, 9.17) is 17.3 Å². The van der Waals surface area contributed by atoms with Crippen molar-refractivity contribution in [2.24, 2.45) is 5.73 Å². The first-order chi connectivity index (χ1) is 6.47. The Kier molecular flexibility index (Phi) is 3.45. The third kappa shape index (κ3) is 2.42. The lowest BCUT2D eigenvalue weighted by atomic mass is 10.0. The topological polar surface area (TPSA) is 26.0 Å². The van der Waals surface area contributed by atoms with Gasteiger partial charge < -0.3 is 5.73 Å². The normalized spacial score (nSPS) is 11.8. The third-order valence-electron chi connectivity index (χ3n) is 1.97. The predicted octanol–water partition coefficient (Wildman–Crippen LogP) is 3.09. The van der Waals surface area contributed by atoms with E-state index in [1.165, 1.54) is 12.1 Å². The van der Waals surface area contributed by atoms with Crippen LogP contribution in [-0.4, -0.2) is 6.54 Å². The standard InChI is InChI=1S/C10H12ClF2N/c1-7-2-3-9(11)8(6-7)10(12,13)4-5-14/h2-3,6H,4-5,14H2,1H3. The third-order valence-corrected chi connectivity index (χ3v) is 2.30. The molecule has 78 valence electrons. The van der Waals surface area contributed by atoms with E-state index in [1.54, 1.807) is 13.0 Å². The number of benzene rings is 1. The molecule has 0 aliphatic heterocycles. The molecule has 0 unspecified atom stereocenters. The van der Waals surface area contributed by atoms with Gasteiger partial charge in [0.1, 0.15) is 0 Å². The maximum Gasteiger partial charge on any atom is 0.275 e. The minimum absolute atomic E-state index is 0.0583. The van der Waals surface area contributed by atoms with Gasteiger partial charge in [-0.05, 0) is 25.6 Å². The van der Waals surface area contributed by atoms with Crippen LogP contribution in [0, 0.1) is 6.92 Å². The highest BCUT2D eigenvalue weighted by molar-refractivity contribution is 6.31. The molecule has 0 saturated heterocycles. The van der Waals surface area contributed by atoms with Crippen molar-refractivity contribution in [2.75, 3.05) is 6.54 Å². The summed E-state index contributed by atoms with van der Waals surface area (Å²) in [6, 6.07) is 4.58. The van der Waals surface area contributed by atoms with Gasteiger partial charge in [-0.15, -0.1) is 0 Å². The van der Waals surface area contributed by atoms with Crippen LogP contribution >= 0.6 is 11.6 Å². The second-order valence-corrected chi connectivity index (χ2v) is 3.63. The van der Waals surface area contributed by atoms with Crippen LogP contribution in [-0.2, 0) is 5.92 Å². The summed E-state index contributed by atoms with van der Waals surface area (Å²) in [5, 5.41) is 0.0917. The maximum atomic E-state index is 13.4. The molecule has 0 fully saturated rings. The molecule has 14 heavy (non-hydrogen) atoms. The first-order valence-corrected chi connectivity index (χ1v) is 4.69. The zero-order valence-corrected chi connectivity index (χ0v) is 8.61. The summed E-state index contributed by atoms with van der Waals surface area (Å²) in [6.07, 6.45) is -0.379. The fourth-order valence-electron chi connectivity index (χ4n) is 1.24. The largest absolute Gasteiger partial charge is 0.330 e. The molecule has 0 atom stereocenters. The molecule has 1 aromatic rings. The summed E-state index contributed by atoms with van der Waals surface area (Å²) in [5.74, 6) is -2.93. The van der Waals surface area contributed by atoms with Crippen LogP contribution < -0.4 is 5.73 Å². The molecule has 1 aromatic carbocycles. The Hall–Kier alpha value is -0.670. The van der Waals surface area contributed by atoms with Crippen molar-refractivity contribution >= 4 is 11.6 Å². The second kappa shape index (κ2) is 4.24. The summed E-state index contributed by atoms with van der Waals surface area (Å²) in [5.41, 5.74) is 5.75. The van der Waals surface area contributed by atoms with Gasteiger partial charge in [-0.1, -0.05) is 23.2 Å². The molecule has 2 N–H and O–H groups in total. The van der Waals surface area contributed by atoms with Crippen molar-refractivity contribution in [1.29, 1.82) is 0 Å². The maximum absolute atomic E-state index is 13.4. The zero-order valence-electron chi connectivity index (χ0n) is 7.86. The Balaban J connectivity index is 3.10. The lowest BCUT2D eigenvalue weighted by molar-refractivity contribution is -0.0106. The summed E-state index contributed by atoms with van der Waals surface area (Å²) in [6.45, 7) is 1.69. The van der Waals surface area contributed by atoms with Crippen molar-refractivity contribution in [2.45, 2.75) is 19.3 Å². The molecule has 0 heterocycles. The Labute approximate surface area is 86.9 Å². The minimum atomic E-state index is -2.93. The van der Waals surface area contributed by atoms with Gasteiger partial charge in [0.2, 0.25) is 0 Å². The molecule has 0 spiro atoms. The summed E-state index contributed by atoms with van der Waals surface area (Å²) in [7, 11) is 0. The molecule has 0 saturated carbocycles. The Morgan fingerprint density at radius 2 is 2.07 bits per heavy atom. The Morgan fingerprint density at radius 1 is 1.43 bits per heavy atom. The van der Waals surface area contributed by atoms with Crippen molar-refractivity contribution in [3.05, 3.63) is 34.3 Å². The Morgan fingerprint density at radius 3 is 2.64 bits per heavy atom. The van der Waals surface area contributed by atoms with Crippen LogP contribution in [0.25, 0.3) is 0 Å². The molecular formula is C10H12ClF2N. The van der Waals surface area contributed by atoms with E-state index in [1.807, 2.05) is 0 Å². The van der Waals surface area contributed by atoms with Gasteiger partial charge >= 0.3 is 0 Å². The minimum Gasteiger partial charge on any atom is -0.330 e. The van der Waals surface area contributed by atoms with Crippen molar-refractivity contribution in [3.63, 3.8) is 0 Å². The van der Waals surface area contributed by atoms with Crippen LogP contribution in [0.4, 0.5) is 8.78 Å². The van der Waals surface area contributed by atoms with Crippen LogP contribution in [0.5, 0.6) is 0 Å². The van der Waals surface area contributed by atoms with Gasteiger partial charge in [0.15, 0.2) is 0 Å². The van der Waals surface area contributed by atoms with Crippen molar-refractivity contribution < 1.29 is 8.78 Å². The van der Waals surface area contributed by atoms with Crippen LogP contribution in [0.3, 0.4) is 0 Å². The number of hydrogen-bond donors (Lipinski definition) is 1. The highest BCUT2D eigenvalue weighted by Gasteiger charge is 2.32. The van der Waals surface area contributed by atoms with E-state index < -0.39 is 5.92 Å². The fraction of sp³-hybridized carbons (Fsp3) is 0.400. The fourth-order valence-corrected chi connectivity index (χ4v) is 1.49. The smallest absolute Gasteiger partial charge is 0.275 e. The first-order valence-electron chi connectivity index (χ1n) is 4.32. The van der Waals surface area contributed by atoms with Crippen LogP contribution in [0.1, 0.15) is 17.5 Å². The number of halogens is 3. The highest BCUT2D eigenvalue weighted by atomic mass is 35.5. The number of rotatable bonds is 3. The van der Waals surface area contributed by atoms with Gasteiger partial charge in [-0.3, -0.25) is 0 Å². The monoisotopic (exact) mass is 219 g/mol. The average Bonchev–Trinajstić information content (AvgIpc) is 2.09. The quantitative estimate of drug-likeness (QED) is 0.831. The molecule has 1 rings (SSSR count). The number of nitrogens with two attached hydrogens (primary N) is 1. The van der Waals surface area contributed by atoms with Gasteiger partial charge in [-0.2, -0.15) is 0 Å². The second-order valence-electron chi connectivity index (χ2n) is 3.23. The number of alkyl halides is 2. The molecule has 4 heteroatoms. The summed E-state index contributed by atoms with van der Waals surface area (Å²) in [4.78, 5) is 0. The summed E-state index contributed by atoms with van der Waals surface area (Å²) >= 11 is 5.70. The van der Waals surface area contributed by atoms with E-state index in [9.17, 15) is 8.78 Å². The van der Waals surface area contributed by atoms with E-state index >= 15 is 0 Å².